The lowest BCUT2D eigenvalue weighted by Crippen LogP contribution is -2.41. The largest absolute Gasteiger partial charge is 0.392 e. The number of carbonyl (C=O) groups is 1. The summed E-state index contributed by atoms with van der Waals surface area (Å²) in [6, 6.07) is 13.9. The molecule has 1 amide bonds. The van der Waals surface area contributed by atoms with Crippen molar-refractivity contribution in [1.82, 2.24) is 25.2 Å². The van der Waals surface area contributed by atoms with E-state index in [4.69, 9.17) is 4.98 Å². The third-order valence-electron chi connectivity index (χ3n) is 7.35. The fourth-order valence-corrected chi connectivity index (χ4v) is 5.36. The van der Waals surface area contributed by atoms with E-state index >= 15 is 0 Å². The molecule has 0 bridgehead atoms. The standard InChI is InChI=1S/C29H37N7O2/c37-21-22-6-4-7-24(18-22)33-29-31-14-12-26(34-29)23-9-10-27(32-19-23)36-17-5-8-25(36)11-13-30-28(38)20-35-15-2-1-3-16-35/h4,6-7,9-10,12,14,18-19,25,37H,1-3,5,8,11,13,15-17,20-21H2,(H,30,38)(H,31,33,34). The van der Waals surface area contributed by atoms with Crippen molar-refractivity contribution in [3.05, 3.63) is 60.4 Å². The van der Waals surface area contributed by atoms with Crippen LogP contribution in [0.5, 0.6) is 0 Å². The fourth-order valence-electron chi connectivity index (χ4n) is 5.36. The summed E-state index contributed by atoms with van der Waals surface area (Å²) in [5, 5.41) is 15.7. The molecule has 4 heterocycles. The zero-order valence-corrected chi connectivity index (χ0v) is 21.9. The van der Waals surface area contributed by atoms with Gasteiger partial charge in [-0.25, -0.2) is 15.0 Å². The van der Waals surface area contributed by atoms with E-state index in [9.17, 15) is 9.90 Å². The molecule has 0 aliphatic carbocycles. The predicted molar refractivity (Wildman–Crippen MR) is 149 cm³/mol. The van der Waals surface area contributed by atoms with Crippen molar-refractivity contribution in [1.29, 1.82) is 0 Å². The molecule has 200 valence electrons. The molecule has 2 aromatic heterocycles. The van der Waals surface area contributed by atoms with Gasteiger partial charge in [0, 0.05) is 42.8 Å². The van der Waals surface area contributed by atoms with Crippen LogP contribution in [0.15, 0.2) is 54.9 Å². The quantitative estimate of drug-likeness (QED) is 0.375. The Morgan fingerprint density at radius 1 is 1.03 bits per heavy atom. The average Bonchev–Trinajstić information content (AvgIpc) is 3.42. The molecular weight excluding hydrogens is 478 g/mol. The van der Waals surface area contributed by atoms with Crippen LogP contribution in [0.4, 0.5) is 17.5 Å². The van der Waals surface area contributed by atoms with E-state index in [0.717, 1.165) is 67.2 Å². The maximum atomic E-state index is 12.4. The maximum absolute atomic E-state index is 12.4. The number of amides is 1. The number of benzene rings is 1. The molecule has 1 aromatic carbocycles. The molecular formula is C29H37N7O2. The van der Waals surface area contributed by atoms with Gasteiger partial charge in [-0.15, -0.1) is 0 Å². The normalized spacial score (nSPS) is 17.9. The van der Waals surface area contributed by atoms with Gasteiger partial charge in [-0.2, -0.15) is 0 Å². The summed E-state index contributed by atoms with van der Waals surface area (Å²) in [7, 11) is 0. The van der Waals surface area contributed by atoms with E-state index in [2.05, 4.69) is 42.5 Å². The number of aliphatic hydroxyl groups excluding tert-OH is 1. The minimum atomic E-state index is -0.0142. The number of nitrogens with zero attached hydrogens (tertiary/aromatic N) is 5. The van der Waals surface area contributed by atoms with Gasteiger partial charge in [-0.3, -0.25) is 9.69 Å². The Kier molecular flexibility index (Phi) is 8.78. The molecule has 9 heteroatoms. The Balaban J connectivity index is 1.16. The molecule has 2 aliphatic heterocycles. The van der Waals surface area contributed by atoms with Crippen LogP contribution in [0.3, 0.4) is 0 Å². The first-order valence-corrected chi connectivity index (χ1v) is 13.7. The SMILES string of the molecule is O=C(CN1CCCCC1)NCCC1CCCN1c1ccc(-c2ccnc(Nc3cccc(CO)c3)n2)cn1. The average molecular weight is 516 g/mol. The van der Waals surface area contributed by atoms with Crippen molar-refractivity contribution in [3.63, 3.8) is 0 Å². The third kappa shape index (κ3) is 6.85. The number of nitrogens with one attached hydrogen (secondary N) is 2. The minimum absolute atomic E-state index is 0.0142. The second-order valence-electron chi connectivity index (χ2n) is 10.1. The summed E-state index contributed by atoms with van der Waals surface area (Å²) in [4.78, 5) is 30.7. The molecule has 0 radical (unpaired) electrons. The number of carbonyl (C=O) groups excluding carboxylic acids is 1. The number of hydrogen-bond acceptors (Lipinski definition) is 8. The summed E-state index contributed by atoms with van der Waals surface area (Å²) in [5.74, 6) is 1.59. The monoisotopic (exact) mass is 515 g/mol. The van der Waals surface area contributed by atoms with Gasteiger partial charge in [0.1, 0.15) is 5.82 Å². The summed E-state index contributed by atoms with van der Waals surface area (Å²) < 4.78 is 0. The Labute approximate surface area is 224 Å². The molecule has 5 rings (SSSR count). The molecule has 9 nitrogen and oxygen atoms in total. The highest BCUT2D eigenvalue weighted by Crippen LogP contribution is 2.27. The van der Waals surface area contributed by atoms with Gasteiger partial charge in [0.25, 0.3) is 0 Å². The number of anilines is 3. The predicted octanol–water partition coefficient (Wildman–Crippen LogP) is 3.74. The number of piperidine rings is 1. The van der Waals surface area contributed by atoms with Crippen molar-refractivity contribution in [2.24, 2.45) is 0 Å². The summed E-state index contributed by atoms with van der Waals surface area (Å²) >= 11 is 0. The summed E-state index contributed by atoms with van der Waals surface area (Å²) in [6.45, 7) is 4.26. The molecule has 2 saturated heterocycles. The fraction of sp³-hybridized carbons (Fsp3) is 0.448. The van der Waals surface area contributed by atoms with Gasteiger partial charge < -0.3 is 20.6 Å². The van der Waals surface area contributed by atoms with E-state index < -0.39 is 0 Å². The smallest absolute Gasteiger partial charge is 0.234 e. The summed E-state index contributed by atoms with van der Waals surface area (Å²) in [6.07, 6.45) is 10.4. The number of pyridine rings is 1. The van der Waals surface area contributed by atoms with Crippen LogP contribution < -0.4 is 15.5 Å². The first kappa shape index (κ1) is 26.1. The zero-order valence-electron chi connectivity index (χ0n) is 21.9. The first-order chi connectivity index (χ1) is 18.7. The number of likely N-dealkylation sites (tertiary alicyclic amines) is 1. The Bertz CT molecular complexity index is 1200. The first-order valence-electron chi connectivity index (χ1n) is 13.7. The number of hydrogen-bond donors (Lipinski definition) is 3. The molecule has 2 fully saturated rings. The lowest BCUT2D eigenvalue weighted by molar-refractivity contribution is -0.122. The number of rotatable bonds is 10. The Morgan fingerprint density at radius 3 is 2.74 bits per heavy atom. The van der Waals surface area contributed by atoms with Crippen LogP contribution in [-0.2, 0) is 11.4 Å². The van der Waals surface area contributed by atoms with E-state index in [1.807, 2.05) is 36.5 Å². The lowest BCUT2D eigenvalue weighted by Gasteiger charge is -2.27. The van der Waals surface area contributed by atoms with E-state index in [-0.39, 0.29) is 12.5 Å². The third-order valence-corrected chi connectivity index (χ3v) is 7.35. The molecule has 2 aliphatic rings. The highest BCUT2D eigenvalue weighted by Gasteiger charge is 2.25. The van der Waals surface area contributed by atoms with Gasteiger partial charge in [0.05, 0.1) is 18.8 Å². The molecule has 38 heavy (non-hydrogen) atoms. The van der Waals surface area contributed by atoms with Crippen molar-refractivity contribution in [2.75, 3.05) is 42.9 Å². The molecule has 3 aromatic rings. The highest BCUT2D eigenvalue weighted by atomic mass is 16.3. The van der Waals surface area contributed by atoms with Gasteiger partial charge in [0.2, 0.25) is 11.9 Å². The van der Waals surface area contributed by atoms with E-state index in [1.54, 1.807) is 6.20 Å². The number of aliphatic hydroxyl groups is 1. The van der Waals surface area contributed by atoms with E-state index in [1.165, 1.54) is 19.3 Å². The van der Waals surface area contributed by atoms with Gasteiger partial charge in [0.15, 0.2) is 0 Å². The molecule has 1 atom stereocenters. The lowest BCUT2D eigenvalue weighted by atomic mass is 10.1. The van der Waals surface area contributed by atoms with Crippen LogP contribution >= 0.6 is 0 Å². The number of aromatic nitrogens is 3. The highest BCUT2D eigenvalue weighted by molar-refractivity contribution is 5.78. The molecule has 0 saturated carbocycles. The van der Waals surface area contributed by atoms with Crippen LogP contribution in [0.2, 0.25) is 0 Å². The maximum Gasteiger partial charge on any atom is 0.234 e. The Hall–Kier alpha value is -3.56. The van der Waals surface area contributed by atoms with Crippen LogP contribution in [-0.4, -0.2) is 69.6 Å². The van der Waals surface area contributed by atoms with Crippen molar-refractivity contribution in [3.8, 4) is 11.3 Å². The topological polar surface area (TPSA) is 107 Å². The van der Waals surface area contributed by atoms with Crippen molar-refractivity contribution >= 4 is 23.4 Å². The minimum Gasteiger partial charge on any atom is -0.392 e. The van der Waals surface area contributed by atoms with Gasteiger partial charge >= 0.3 is 0 Å². The van der Waals surface area contributed by atoms with Gasteiger partial charge in [-0.1, -0.05) is 18.6 Å². The summed E-state index contributed by atoms with van der Waals surface area (Å²) in [5.41, 5.74) is 3.36. The molecule has 1 unspecified atom stereocenters. The van der Waals surface area contributed by atoms with Crippen LogP contribution in [0.25, 0.3) is 11.3 Å². The van der Waals surface area contributed by atoms with Crippen LogP contribution in [0, 0.1) is 0 Å². The molecule has 3 N–H and O–H groups in total. The Morgan fingerprint density at radius 2 is 1.92 bits per heavy atom. The zero-order chi connectivity index (χ0) is 26.2. The second-order valence-corrected chi connectivity index (χ2v) is 10.1. The second kappa shape index (κ2) is 12.8. The van der Waals surface area contributed by atoms with E-state index in [0.29, 0.717) is 25.1 Å². The van der Waals surface area contributed by atoms with Crippen molar-refractivity contribution in [2.45, 2.75) is 51.2 Å². The van der Waals surface area contributed by atoms with Crippen molar-refractivity contribution < 1.29 is 9.90 Å². The molecule has 0 spiro atoms. The van der Waals surface area contributed by atoms with Gasteiger partial charge in [-0.05, 0) is 81.1 Å². The van der Waals surface area contributed by atoms with Crippen LogP contribution in [0.1, 0.15) is 44.1 Å².